The average molecular weight is 536 g/mol. The maximum absolute atomic E-state index is 12.9. The van der Waals surface area contributed by atoms with Crippen LogP contribution in [0.2, 0.25) is 0 Å². The molecule has 2 N–H and O–H groups in total. The van der Waals surface area contributed by atoms with Crippen molar-refractivity contribution in [1.29, 1.82) is 0 Å². The molecule has 0 saturated carbocycles. The van der Waals surface area contributed by atoms with Gasteiger partial charge in [-0.2, -0.15) is 5.10 Å². The largest absolute Gasteiger partial charge is 0.493 e. The van der Waals surface area contributed by atoms with Gasteiger partial charge in [-0.05, 0) is 55.0 Å². The second-order valence-corrected chi connectivity index (χ2v) is 7.78. The Morgan fingerprint density at radius 3 is 2.13 bits per heavy atom. The van der Waals surface area contributed by atoms with E-state index in [2.05, 4.69) is 15.8 Å². The standard InChI is InChI=1S/C28H29N3O8/c1-5-38-22-13-18(16-30-31-25(32)17-29-27(33)19-9-7-6-8-10-19)11-12-21(22)39-28(34)20-14-23(35-2)26(37-4)24(15-20)36-3/h6-16H,5,17H2,1-4H3,(H,29,33)(H,31,32). The molecule has 2 amide bonds. The van der Waals surface area contributed by atoms with Crippen molar-refractivity contribution < 1.29 is 38.1 Å². The lowest BCUT2D eigenvalue weighted by atomic mass is 10.1. The number of nitrogens with zero attached hydrogens (tertiary/aromatic N) is 1. The lowest BCUT2D eigenvalue weighted by Gasteiger charge is -2.15. The summed E-state index contributed by atoms with van der Waals surface area (Å²) in [6.45, 7) is 1.85. The molecule has 0 radical (unpaired) electrons. The van der Waals surface area contributed by atoms with Crippen molar-refractivity contribution in [3.05, 3.63) is 77.4 Å². The predicted molar refractivity (Wildman–Crippen MR) is 143 cm³/mol. The Bertz CT molecular complexity index is 1320. The average Bonchev–Trinajstić information content (AvgIpc) is 2.96. The third-order valence-corrected chi connectivity index (χ3v) is 5.22. The normalized spacial score (nSPS) is 10.5. The van der Waals surface area contributed by atoms with Crippen LogP contribution in [0, 0.1) is 0 Å². The topological polar surface area (TPSA) is 134 Å². The van der Waals surface area contributed by atoms with E-state index in [-0.39, 0.29) is 23.8 Å². The van der Waals surface area contributed by atoms with E-state index >= 15 is 0 Å². The van der Waals surface area contributed by atoms with Crippen LogP contribution >= 0.6 is 0 Å². The molecule has 3 aromatic carbocycles. The number of hydrazone groups is 1. The van der Waals surface area contributed by atoms with Crippen LogP contribution in [-0.4, -0.2) is 58.5 Å². The van der Waals surface area contributed by atoms with Gasteiger partial charge in [0.15, 0.2) is 23.0 Å². The van der Waals surface area contributed by atoms with E-state index in [9.17, 15) is 14.4 Å². The summed E-state index contributed by atoms with van der Waals surface area (Å²) in [5.74, 6) is -0.0975. The van der Waals surface area contributed by atoms with Gasteiger partial charge in [0.1, 0.15) is 0 Å². The molecule has 0 fully saturated rings. The minimum Gasteiger partial charge on any atom is -0.493 e. The zero-order valence-corrected chi connectivity index (χ0v) is 22.0. The summed E-state index contributed by atoms with van der Waals surface area (Å²) in [5.41, 5.74) is 3.54. The summed E-state index contributed by atoms with van der Waals surface area (Å²) in [5, 5.41) is 6.42. The van der Waals surface area contributed by atoms with Crippen molar-refractivity contribution >= 4 is 24.0 Å². The summed E-state index contributed by atoms with van der Waals surface area (Å²) < 4.78 is 27.1. The van der Waals surface area contributed by atoms with Crippen LogP contribution in [0.4, 0.5) is 0 Å². The number of carbonyl (C=O) groups excluding carboxylic acids is 3. The molecule has 0 bridgehead atoms. The van der Waals surface area contributed by atoms with Crippen LogP contribution in [0.3, 0.4) is 0 Å². The number of nitrogens with one attached hydrogen (secondary N) is 2. The fourth-order valence-electron chi connectivity index (χ4n) is 3.39. The Labute approximate surface area is 225 Å². The first-order valence-electron chi connectivity index (χ1n) is 11.8. The smallest absolute Gasteiger partial charge is 0.343 e. The van der Waals surface area contributed by atoms with E-state index in [1.54, 1.807) is 55.5 Å². The molecular weight excluding hydrogens is 506 g/mol. The fourth-order valence-corrected chi connectivity index (χ4v) is 3.39. The summed E-state index contributed by atoms with van der Waals surface area (Å²) in [6.07, 6.45) is 1.39. The minimum atomic E-state index is -0.665. The molecule has 3 aromatic rings. The highest BCUT2D eigenvalue weighted by Crippen LogP contribution is 2.38. The second-order valence-electron chi connectivity index (χ2n) is 7.78. The Hall–Kier alpha value is -5.06. The van der Waals surface area contributed by atoms with Gasteiger partial charge in [0.2, 0.25) is 5.75 Å². The van der Waals surface area contributed by atoms with E-state index < -0.39 is 11.9 Å². The van der Waals surface area contributed by atoms with Gasteiger partial charge in [0.25, 0.3) is 11.8 Å². The first-order valence-corrected chi connectivity index (χ1v) is 11.8. The van der Waals surface area contributed by atoms with E-state index in [4.69, 9.17) is 23.7 Å². The van der Waals surface area contributed by atoms with Crippen molar-refractivity contribution in [2.75, 3.05) is 34.5 Å². The zero-order valence-electron chi connectivity index (χ0n) is 22.0. The molecule has 0 unspecified atom stereocenters. The van der Waals surface area contributed by atoms with Crippen LogP contribution in [0.1, 0.15) is 33.2 Å². The molecule has 0 atom stereocenters. The van der Waals surface area contributed by atoms with Crippen molar-refractivity contribution in [2.45, 2.75) is 6.92 Å². The third kappa shape index (κ3) is 7.71. The predicted octanol–water partition coefficient (Wildman–Crippen LogP) is 3.21. The molecule has 0 aliphatic rings. The highest BCUT2D eigenvalue weighted by atomic mass is 16.6. The molecule has 3 rings (SSSR count). The van der Waals surface area contributed by atoms with Crippen LogP contribution < -0.4 is 34.4 Å². The van der Waals surface area contributed by atoms with Crippen LogP contribution in [-0.2, 0) is 4.79 Å². The number of rotatable bonds is 12. The minimum absolute atomic E-state index is 0.180. The van der Waals surface area contributed by atoms with Gasteiger partial charge in [0, 0.05) is 5.56 Å². The van der Waals surface area contributed by atoms with Crippen molar-refractivity contribution in [2.24, 2.45) is 5.10 Å². The van der Waals surface area contributed by atoms with E-state index in [0.29, 0.717) is 40.7 Å². The number of benzene rings is 3. The molecular formula is C28H29N3O8. The molecule has 39 heavy (non-hydrogen) atoms. The lowest BCUT2D eigenvalue weighted by Crippen LogP contribution is -2.34. The zero-order chi connectivity index (χ0) is 28.2. The third-order valence-electron chi connectivity index (χ3n) is 5.22. The molecule has 11 nitrogen and oxygen atoms in total. The van der Waals surface area contributed by atoms with E-state index in [1.807, 2.05) is 0 Å². The second kappa shape index (κ2) is 14.0. The maximum atomic E-state index is 12.9. The number of hydrogen-bond donors (Lipinski definition) is 2. The Morgan fingerprint density at radius 2 is 1.51 bits per heavy atom. The molecule has 0 saturated heterocycles. The Balaban J connectivity index is 1.65. The highest BCUT2D eigenvalue weighted by molar-refractivity contribution is 5.96. The van der Waals surface area contributed by atoms with Crippen LogP contribution in [0.25, 0.3) is 0 Å². The number of carbonyl (C=O) groups is 3. The molecule has 11 heteroatoms. The molecule has 0 spiro atoms. The summed E-state index contributed by atoms with van der Waals surface area (Å²) in [4.78, 5) is 37.0. The van der Waals surface area contributed by atoms with Crippen LogP contribution in [0.5, 0.6) is 28.7 Å². The highest BCUT2D eigenvalue weighted by Gasteiger charge is 2.20. The molecule has 0 aliphatic carbocycles. The van der Waals surface area contributed by atoms with Crippen molar-refractivity contribution in [3.63, 3.8) is 0 Å². The Kier molecular flexibility index (Phi) is 10.3. The Morgan fingerprint density at radius 1 is 0.821 bits per heavy atom. The van der Waals surface area contributed by atoms with Gasteiger partial charge < -0.3 is 29.0 Å². The summed E-state index contributed by atoms with van der Waals surface area (Å²) in [6, 6.07) is 16.3. The first-order chi connectivity index (χ1) is 18.9. The molecule has 0 aliphatic heterocycles. The maximum Gasteiger partial charge on any atom is 0.343 e. The molecule has 204 valence electrons. The van der Waals surface area contributed by atoms with Gasteiger partial charge in [-0.3, -0.25) is 9.59 Å². The molecule has 0 heterocycles. The van der Waals surface area contributed by atoms with Gasteiger partial charge in [-0.1, -0.05) is 18.2 Å². The lowest BCUT2D eigenvalue weighted by molar-refractivity contribution is -0.120. The molecule has 0 aromatic heterocycles. The van der Waals surface area contributed by atoms with E-state index in [0.717, 1.165) is 0 Å². The monoisotopic (exact) mass is 535 g/mol. The fraction of sp³-hybridized carbons (Fsp3) is 0.214. The summed E-state index contributed by atoms with van der Waals surface area (Å²) in [7, 11) is 4.36. The van der Waals surface area contributed by atoms with Crippen molar-refractivity contribution in [3.8, 4) is 28.7 Å². The summed E-state index contributed by atoms with van der Waals surface area (Å²) >= 11 is 0. The van der Waals surface area contributed by atoms with E-state index in [1.165, 1.54) is 39.7 Å². The number of methoxy groups -OCH3 is 3. The SMILES string of the molecule is CCOc1cc(C=NNC(=O)CNC(=O)c2ccccc2)ccc1OC(=O)c1cc(OC)c(OC)c(OC)c1. The van der Waals surface area contributed by atoms with Gasteiger partial charge in [0.05, 0.1) is 46.3 Å². The van der Waals surface area contributed by atoms with Gasteiger partial charge in [-0.15, -0.1) is 0 Å². The number of ether oxygens (including phenoxy) is 5. The quantitative estimate of drug-likeness (QED) is 0.156. The number of esters is 1. The van der Waals surface area contributed by atoms with Gasteiger partial charge in [-0.25, -0.2) is 10.2 Å². The van der Waals surface area contributed by atoms with Gasteiger partial charge >= 0.3 is 5.97 Å². The van der Waals surface area contributed by atoms with Crippen molar-refractivity contribution in [1.82, 2.24) is 10.7 Å². The first kappa shape index (κ1) is 28.5. The number of hydrogen-bond acceptors (Lipinski definition) is 9. The number of amides is 2. The van der Waals surface area contributed by atoms with Crippen LogP contribution in [0.15, 0.2) is 65.8 Å².